The minimum Gasteiger partial charge on any atom is -0.282 e. The van der Waals surface area contributed by atoms with E-state index in [4.69, 9.17) is 5.41 Å². The molecule has 0 aromatic heterocycles. The lowest BCUT2D eigenvalue weighted by Gasteiger charge is -2.08. The van der Waals surface area contributed by atoms with Crippen LogP contribution in [0.4, 0.5) is 17.6 Å². The molecule has 0 saturated carbocycles. The Hall–Kier alpha value is -1.80. The molecule has 0 heterocycles. The molecule has 2 aromatic rings. The average molecular weight is 373 g/mol. The number of nitrogens with one attached hydrogen (secondary N) is 1. The van der Waals surface area contributed by atoms with Gasteiger partial charge in [-0.3, -0.25) is 5.41 Å². The summed E-state index contributed by atoms with van der Waals surface area (Å²) in [6, 6.07) is 7.31. The predicted molar refractivity (Wildman–Crippen MR) is 92.5 cm³/mol. The third-order valence-corrected chi connectivity index (χ3v) is 4.38. The van der Waals surface area contributed by atoms with Crippen LogP contribution < -0.4 is 0 Å². The summed E-state index contributed by atoms with van der Waals surface area (Å²) in [6.07, 6.45) is 0. The quantitative estimate of drug-likeness (QED) is 0.209. The summed E-state index contributed by atoms with van der Waals surface area (Å²) in [4.78, 5) is 4.43. The number of nitrogens with zero attached hydrogens (tertiary/aromatic N) is 1. The molecule has 0 amide bonds. The van der Waals surface area contributed by atoms with E-state index in [2.05, 4.69) is 17.6 Å². The largest absolute Gasteiger partial charge is 0.284 e. The molecule has 0 saturated heterocycles. The van der Waals surface area contributed by atoms with E-state index in [1.807, 2.05) is 19.1 Å². The van der Waals surface area contributed by atoms with Crippen molar-refractivity contribution in [1.29, 1.82) is 5.41 Å². The van der Waals surface area contributed by atoms with E-state index in [1.165, 1.54) is 0 Å². The van der Waals surface area contributed by atoms with E-state index < -0.39 is 40.2 Å². The summed E-state index contributed by atoms with van der Waals surface area (Å²) in [5.41, 5.74) is -0.872. The minimum absolute atomic E-state index is 0.115. The molecule has 1 N–H and O–H groups in total. The number of thioether (sulfide) groups is 1. The maximum absolute atomic E-state index is 13.9. The smallest absolute Gasteiger partial charge is 0.282 e. The Balaban J connectivity index is 2.34. The summed E-state index contributed by atoms with van der Waals surface area (Å²) in [7, 11) is 0. The third-order valence-electron chi connectivity index (χ3n) is 3.17. The van der Waals surface area contributed by atoms with E-state index in [9.17, 15) is 17.6 Å². The van der Waals surface area contributed by atoms with Crippen LogP contribution in [0.5, 0.6) is 0 Å². The second kappa shape index (κ2) is 7.40. The molecule has 0 aliphatic rings. The van der Waals surface area contributed by atoms with Crippen LogP contribution in [-0.4, -0.2) is 10.2 Å². The van der Waals surface area contributed by atoms with E-state index in [-0.39, 0.29) is 4.38 Å². The van der Waals surface area contributed by atoms with Crippen molar-refractivity contribution in [2.45, 2.75) is 18.7 Å². The van der Waals surface area contributed by atoms with Gasteiger partial charge in [-0.2, -0.15) is 4.99 Å². The van der Waals surface area contributed by atoms with Crippen LogP contribution in [-0.2, 0) is 12.6 Å². The lowest BCUT2D eigenvalue weighted by molar-refractivity contribution is 0.442. The van der Waals surface area contributed by atoms with Crippen molar-refractivity contribution < 1.29 is 17.6 Å². The first-order chi connectivity index (χ1) is 11.2. The normalized spacial score (nSPS) is 11.7. The van der Waals surface area contributed by atoms with Gasteiger partial charge in [0, 0.05) is 23.1 Å². The molecule has 126 valence electrons. The molecule has 0 spiro atoms. The van der Waals surface area contributed by atoms with E-state index >= 15 is 0 Å². The van der Waals surface area contributed by atoms with Gasteiger partial charge in [0.2, 0.25) is 0 Å². The number of aliphatic imine (C=N–C) groups is 1. The fourth-order valence-corrected chi connectivity index (χ4v) is 2.95. The Morgan fingerprint density at radius 2 is 1.46 bits per heavy atom. The van der Waals surface area contributed by atoms with Crippen molar-refractivity contribution in [3.05, 3.63) is 64.2 Å². The molecule has 0 bridgehead atoms. The fraction of sp³-hybridized carbons (Fsp3) is 0.125. The number of benzene rings is 2. The molecule has 8 heteroatoms. The summed E-state index contributed by atoms with van der Waals surface area (Å²) < 4.78 is 55.0. The molecule has 0 radical (unpaired) electrons. The Morgan fingerprint density at radius 1 is 0.958 bits per heavy atom. The van der Waals surface area contributed by atoms with Crippen LogP contribution in [0.3, 0.4) is 0 Å². The number of amidine groups is 1. The highest BCUT2D eigenvalue weighted by molar-refractivity contribution is 8.27. The van der Waals surface area contributed by atoms with Crippen molar-refractivity contribution in [1.82, 2.24) is 0 Å². The average Bonchev–Trinajstić information content (AvgIpc) is 2.53. The van der Waals surface area contributed by atoms with Gasteiger partial charge in [-0.1, -0.05) is 17.7 Å². The Kier molecular flexibility index (Phi) is 5.71. The first kappa shape index (κ1) is 18.5. The first-order valence-corrected chi connectivity index (χ1v) is 8.00. The fourth-order valence-electron chi connectivity index (χ4n) is 1.85. The zero-order valence-corrected chi connectivity index (χ0v) is 14.5. The second-order valence-electron chi connectivity index (χ2n) is 4.94. The number of rotatable bonds is 2. The van der Waals surface area contributed by atoms with Gasteiger partial charge in [-0.15, -0.1) is 0 Å². The van der Waals surface area contributed by atoms with Gasteiger partial charge in [0.25, 0.3) is 4.38 Å². The van der Waals surface area contributed by atoms with Crippen LogP contribution >= 0.6 is 11.8 Å². The zero-order valence-electron chi connectivity index (χ0n) is 12.7. The monoisotopic (exact) mass is 373 g/mol. The molecule has 2 rings (SSSR count). The summed E-state index contributed by atoms with van der Waals surface area (Å²) in [5, 5.41) is 7.66. The maximum atomic E-state index is 13.9. The van der Waals surface area contributed by atoms with Gasteiger partial charge >= 0.3 is 0 Å². The number of aryl methyl sites for hydroxylation is 1. The van der Waals surface area contributed by atoms with Crippen LogP contribution in [0.15, 0.2) is 34.2 Å². The van der Waals surface area contributed by atoms with Crippen LogP contribution in [0.2, 0.25) is 0 Å². The van der Waals surface area contributed by atoms with Gasteiger partial charge in [0.05, 0.1) is 5.56 Å². The maximum Gasteiger partial charge on any atom is 0.284 e. The molecule has 2 aromatic carbocycles. The molecular weight excluding hydrogens is 360 g/mol. The van der Waals surface area contributed by atoms with Crippen molar-refractivity contribution in [2.24, 2.45) is 4.99 Å². The second-order valence-corrected chi connectivity index (χ2v) is 6.83. The first-order valence-electron chi connectivity index (χ1n) is 6.68. The van der Waals surface area contributed by atoms with Crippen LogP contribution in [0, 0.1) is 42.5 Å². The SMILES string of the molecule is Cc1ccc(SC([SH2+])=NC(=N)c2c(F)c(F)c(C)c(F)c2F)cc1. The minimum atomic E-state index is -1.64. The highest BCUT2D eigenvalue weighted by Gasteiger charge is 2.26. The van der Waals surface area contributed by atoms with Crippen molar-refractivity contribution in [2.75, 3.05) is 0 Å². The lowest BCUT2D eigenvalue weighted by atomic mass is 10.1. The molecular formula is C16H13F4N2S2+. The standard InChI is InChI=1S/C16H12F4N2S2/c1-7-3-5-9(6-4-7)24-16(23)22-15(21)10-13(19)11(17)8(2)12(18)14(10)20/h3-6H,1-2H3,(H2,21,22,23)/p+1. The molecule has 0 aliphatic heterocycles. The number of hydrogen-bond donors (Lipinski definition) is 1. The van der Waals surface area contributed by atoms with E-state index in [0.717, 1.165) is 29.1 Å². The Morgan fingerprint density at radius 3 is 1.96 bits per heavy atom. The summed E-state index contributed by atoms with van der Waals surface area (Å²) in [5.74, 6) is -7.27. The molecule has 2 nitrogen and oxygen atoms in total. The van der Waals surface area contributed by atoms with Crippen LogP contribution in [0.25, 0.3) is 0 Å². The van der Waals surface area contributed by atoms with E-state index in [0.29, 0.717) is 0 Å². The lowest BCUT2D eigenvalue weighted by Crippen LogP contribution is -2.11. The highest BCUT2D eigenvalue weighted by atomic mass is 32.2. The van der Waals surface area contributed by atoms with Gasteiger partial charge in [0.15, 0.2) is 29.1 Å². The van der Waals surface area contributed by atoms with Gasteiger partial charge < -0.3 is 0 Å². The Labute approximate surface area is 145 Å². The zero-order chi connectivity index (χ0) is 18.0. The van der Waals surface area contributed by atoms with E-state index in [1.54, 1.807) is 12.1 Å². The van der Waals surface area contributed by atoms with Gasteiger partial charge in [-0.25, -0.2) is 17.6 Å². The third kappa shape index (κ3) is 3.81. The topological polar surface area (TPSA) is 36.2 Å². The van der Waals surface area contributed by atoms with Gasteiger partial charge in [0.1, 0.15) is 0 Å². The van der Waals surface area contributed by atoms with Gasteiger partial charge in [-0.05, 0) is 37.7 Å². The molecule has 0 atom stereocenters. The van der Waals surface area contributed by atoms with Crippen molar-refractivity contribution >= 4 is 34.6 Å². The molecule has 0 unspecified atom stereocenters. The molecule has 0 fully saturated rings. The van der Waals surface area contributed by atoms with Crippen molar-refractivity contribution in [3.8, 4) is 0 Å². The Bertz CT molecular complexity index is 804. The number of halogens is 4. The number of hydrogen-bond acceptors (Lipinski definition) is 2. The summed E-state index contributed by atoms with van der Waals surface area (Å²) in [6.45, 7) is 2.83. The summed E-state index contributed by atoms with van der Waals surface area (Å²) >= 11 is 4.22. The highest BCUT2D eigenvalue weighted by Crippen LogP contribution is 2.25. The van der Waals surface area contributed by atoms with Crippen molar-refractivity contribution in [3.63, 3.8) is 0 Å². The predicted octanol–water partition coefficient (Wildman–Crippen LogP) is 4.35. The van der Waals surface area contributed by atoms with Crippen LogP contribution in [0.1, 0.15) is 16.7 Å². The molecule has 0 aliphatic carbocycles. The molecule has 24 heavy (non-hydrogen) atoms.